The molecule has 1 aromatic heterocycles. The Morgan fingerprint density at radius 2 is 1.89 bits per heavy atom. The third kappa shape index (κ3) is 2.75. The maximum atomic E-state index is 11.0. The molecule has 18 heavy (non-hydrogen) atoms. The summed E-state index contributed by atoms with van der Waals surface area (Å²) in [5, 5.41) is 11.2. The van der Waals surface area contributed by atoms with Crippen molar-refractivity contribution in [1.29, 1.82) is 0 Å². The molecule has 0 unspecified atom stereocenters. The number of pyridine rings is 1. The second kappa shape index (κ2) is 5.01. The molecule has 0 aliphatic heterocycles. The summed E-state index contributed by atoms with van der Waals surface area (Å²) in [7, 11) is 0. The van der Waals surface area contributed by atoms with Gasteiger partial charge in [-0.3, -0.25) is 14.9 Å². The van der Waals surface area contributed by atoms with E-state index in [9.17, 15) is 14.9 Å². The molecule has 0 spiro atoms. The minimum absolute atomic E-state index is 0.0267. The first-order valence-corrected chi connectivity index (χ1v) is 5.53. The minimum atomic E-state index is -0.469. The van der Waals surface area contributed by atoms with Crippen LogP contribution in [0, 0.1) is 10.1 Å². The highest BCUT2D eigenvalue weighted by atomic mass is 35.5. The molecule has 0 bridgehead atoms. The van der Waals surface area contributed by atoms with Gasteiger partial charge in [-0.05, 0) is 12.1 Å². The average Bonchev–Trinajstić information content (AvgIpc) is 2.34. The van der Waals surface area contributed by atoms with Gasteiger partial charge in [-0.2, -0.15) is 0 Å². The highest BCUT2D eigenvalue weighted by Gasteiger charge is 2.13. The van der Waals surface area contributed by atoms with Gasteiger partial charge in [0.25, 0.3) is 5.69 Å². The van der Waals surface area contributed by atoms with Crippen LogP contribution < -0.4 is 5.43 Å². The lowest BCUT2D eigenvalue weighted by molar-refractivity contribution is -0.385. The molecule has 92 valence electrons. The van der Waals surface area contributed by atoms with E-state index in [-0.39, 0.29) is 11.1 Å². The van der Waals surface area contributed by atoms with Crippen LogP contribution in [-0.2, 0) is 6.54 Å². The Hall–Kier alpha value is -2.14. The second-order valence-corrected chi connectivity index (χ2v) is 4.17. The SMILES string of the molecule is O=c1ccn(Cc2ccc(Cl)cc2[N+](=O)[O-])cc1. The predicted octanol–water partition coefficient (Wildman–Crippen LogP) is 2.46. The van der Waals surface area contributed by atoms with Gasteiger partial charge in [-0.15, -0.1) is 0 Å². The Morgan fingerprint density at radius 3 is 2.50 bits per heavy atom. The summed E-state index contributed by atoms with van der Waals surface area (Å²) in [6, 6.07) is 7.34. The van der Waals surface area contributed by atoms with Crippen LogP contribution in [0.2, 0.25) is 5.02 Å². The van der Waals surface area contributed by atoms with Crippen molar-refractivity contribution in [3.63, 3.8) is 0 Å². The van der Waals surface area contributed by atoms with Crippen LogP contribution >= 0.6 is 11.6 Å². The van der Waals surface area contributed by atoms with E-state index in [0.29, 0.717) is 17.1 Å². The number of benzene rings is 1. The molecular formula is C12H9ClN2O3. The van der Waals surface area contributed by atoms with Crippen molar-refractivity contribution in [3.8, 4) is 0 Å². The van der Waals surface area contributed by atoms with Crippen LogP contribution in [0.1, 0.15) is 5.56 Å². The van der Waals surface area contributed by atoms with Crippen LogP contribution in [0.5, 0.6) is 0 Å². The molecule has 2 rings (SSSR count). The largest absolute Gasteiger partial charge is 0.349 e. The molecule has 0 atom stereocenters. The van der Waals surface area contributed by atoms with E-state index in [2.05, 4.69) is 0 Å². The van der Waals surface area contributed by atoms with E-state index in [1.54, 1.807) is 29.1 Å². The smallest absolute Gasteiger partial charge is 0.275 e. The normalized spacial score (nSPS) is 10.3. The fourth-order valence-corrected chi connectivity index (χ4v) is 1.75. The summed E-state index contributed by atoms with van der Waals surface area (Å²) < 4.78 is 1.69. The Bertz CT molecular complexity index is 632. The molecule has 0 saturated carbocycles. The van der Waals surface area contributed by atoms with Crippen molar-refractivity contribution < 1.29 is 4.92 Å². The van der Waals surface area contributed by atoms with Gasteiger partial charge in [0.15, 0.2) is 5.43 Å². The van der Waals surface area contributed by atoms with Crippen LogP contribution in [0.15, 0.2) is 47.5 Å². The molecule has 0 aliphatic carbocycles. The maximum absolute atomic E-state index is 11.0. The fraction of sp³-hybridized carbons (Fsp3) is 0.0833. The summed E-state index contributed by atoms with van der Waals surface area (Å²) >= 11 is 5.73. The molecule has 0 aliphatic rings. The molecule has 6 heteroatoms. The lowest BCUT2D eigenvalue weighted by Gasteiger charge is -2.06. The van der Waals surface area contributed by atoms with Crippen LogP contribution in [0.25, 0.3) is 0 Å². The number of nitro groups is 1. The van der Waals surface area contributed by atoms with Crippen molar-refractivity contribution in [2.24, 2.45) is 0 Å². The van der Waals surface area contributed by atoms with Crippen LogP contribution in [-0.4, -0.2) is 9.49 Å². The zero-order valence-corrected chi connectivity index (χ0v) is 10.0. The van der Waals surface area contributed by atoms with E-state index in [0.717, 1.165) is 0 Å². The zero-order chi connectivity index (χ0) is 13.1. The van der Waals surface area contributed by atoms with Gasteiger partial charge >= 0.3 is 0 Å². The Kier molecular flexibility index (Phi) is 3.43. The highest BCUT2D eigenvalue weighted by molar-refractivity contribution is 6.30. The van der Waals surface area contributed by atoms with Crippen molar-refractivity contribution >= 4 is 17.3 Å². The van der Waals surface area contributed by atoms with E-state index < -0.39 is 4.92 Å². The lowest BCUT2D eigenvalue weighted by atomic mass is 10.2. The van der Waals surface area contributed by atoms with Gasteiger partial charge in [-0.25, -0.2) is 0 Å². The van der Waals surface area contributed by atoms with Gasteiger partial charge in [0.1, 0.15) is 0 Å². The van der Waals surface area contributed by atoms with Crippen molar-refractivity contribution in [3.05, 3.63) is 73.6 Å². The van der Waals surface area contributed by atoms with Crippen molar-refractivity contribution in [1.82, 2.24) is 4.57 Å². The number of rotatable bonds is 3. The Morgan fingerprint density at radius 1 is 1.22 bits per heavy atom. The number of halogens is 1. The van der Waals surface area contributed by atoms with Crippen molar-refractivity contribution in [2.75, 3.05) is 0 Å². The third-order valence-corrected chi connectivity index (χ3v) is 2.69. The van der Waals surface area contributed by atoms with Gasteiger partial charge < -0.3 is 4.57 Å². The summed E-state index contributed by atoms with van der Waals surface area (Å²) in [5.74, 6) is 0. The zero-order valence-electron chi connectivity index (χ0n) is 9.25. The molecule has 0 fully saturated rings. The van der Waals surface area contributed by atoms with E-state index >= 15 is 0 Å². The van der Waals surface area contributed by atoms with Crippen LogP contribution in [0.4, 0.5) is 5.69 Å². The lowest BCUT2D eigenvalue weighted by Crippen LogP contribution is -2.06. The molecule has 0 radical (unpaired) electrons. The number of hydrogen-bond acceptors (Lipinski definition) is 3. The van der Waals surface area contributed by atoms with Crippen molar-refractivity contribution in [2.45, 2.75) is 6.54 Å². The summed E-state index contributed by atoms with van der Waals surface area (Å²) in [6.07, 6.45) is 3.17. The molecule has 2 aromatic rings. The molecule has 0 saturated heterocycles. The molecule has 1 heterocycles. The molecule has 0 amide bonds. The van der Waals surface area contributed by atoms with Crippen LogP contribution in [0.3, 0.4) is 0 Å². The fourth-order valence-electron chi connectivity index (χ4n) is 1.59. The monoisotopic (exact) mass is 264 g/mol. The first kappa shape index (κ1) is 12.3. The maximum Gasteiger partial charge on any atom is 0.275 e. The molecule has 5 nitrogen and oxygen atoms in total. The topological polar surface area (TPSA) is 65.1 Å². The van der Waals surface area contributed by atoms with Gasteiger partial charge in [0.2, 0.25) is 0 Å². The molecule has 0 N–H and O–H groups in total. The quantitative estimate of drug-likeness (QED) is 0.632. The first-order chi connectivity index (χ1) is 8.56. The third-order valence-electron chi connectivity index (χ3n) is 2.46. The van der Waals surface area contributed by atoms with E-state index in [1.165, 1.54) is 18.2 Å². The minimum Gasteiger partial charge on any atom is -0.349 e. The van der Waals surface area contributed by atoms with Gasteiger partial charge in [0.05, 0.1) is 11.5 Å². The first-order valence-electron chi connectivity index (χ1n) is 5.15. The number of hydrogen-bond donors (Lipinski definition) is 0. The molecule has 1 aromatic carbocycles. The predicted molar refractivity (Wildman–Crippen MR) is 67.9 cm³/mol. The average molecular weight is 265 g/mol. The second-order valence-electron chi connectivity index (χ2n) is 3.74. The number of aromatic nitrogens is 1. The summed E-state index contributed by atoms with van der Waals surface area (Å²) in [4.78, 5) is 21.4. The Labute approximate surface area is 107 Å². The summed E-state index contributed by atoms with van der Waals surface area (Å²) in [5.41, 5.74) is 0.408. The number of nitro benzene ring substituents is 1. The molecular weight excluding hydrogens is 256 g/mol. The highest BCUT2D eigenvalue weighted by Crippen LogP contribution is 2.23. The standard InChI is InChI=1S/C12H9ClN2O3/c13-10-2-1-9(12(7-10)15(17)18)8-14-5-3-11(16)4-6-14/h1-7H,8H2. The van der Waals surface area contributed by atoms with E-state index in [1.807, 2.05) is 0 Å². The summed E-state index contributed by atoms with van der Waals surface area (Å²) in [6.45, 7) is 0.313. The van der Waals surface area contributed by atoms with Gasteiger partial charge in [-0.1, -0.05) is 11.6 Å². The van der Waals surface area contributed by atoms with E-state index in [4.69, 9.17) is 11.6 Å². The number of nitrogens with zero attached hydrogens (tertiary/aromatic N) is 2. The van der Waals surface area contributed by atoms with Gasteiger partial charge in [0, 0.05) is 41.2 Å². The Balaban J connectivity index is 2.36.